The number of methoxy groups -OCH3 is 2. The summed E-state index contributed by atoms with van der Waals surface area (Å²) in [4.78, 5) is 9.66. The summed E-state index contributed by atoms with van der Waals surface area (Å²) in [6, 6.07) is 14.0. The summed E-state index contributed by atoms with van der Waals surface area (Å²) in [5.41, 5.74) is 1.77. The maximum atomic E-state index is 5.79. The lowest BCUT2D eigenvalue weighted by Crippen LogP contribution is -2.48. The summed E-state index contributed by atoms with van der Waals surface area (Å²) in [7, 11) is 3.37. The lowest BCUT2D eigenvalue weighted by atomic mass is 10.00. The Labute approximate surface area is 209 Å². The number of benzene rings is 2. The molecule has 0 radical (unpaired) electrons. The van der Waals surface area contributed by atoms with E-state index in [1.54, 1.807) is 25.6 Å². The molecule has 2 aromatic heterocycles. The molecule has 0 saturated carbocycles. The summed E-state index contributed by atoms with van der Waals surface area (Å²) in [5.74, 6) is 2.35. The van der Waals surface area contributed by atoms with E-state index in [4.69, 9.17) is 14.5 Å². The molecule has 184 valence electrons. The van der Waals surface area contributed by atoms with Gasteiger partial charge in [-0.25, -0.2) is 9.67 Å². The number of ether oxygens (including phenoxy) is 2. The molecule has 9 nitrogen and oxygen atoms in total. The number of piperazine rings is 1. The Kier molecular flexibility index (Phi) is 6.33. The number of para-hydroxylation sites is 1. The van der Waals surface area contributed by atoms with Gasteiger partial charge in [-0.05, 0) is 61.5 Å². The van der Waals surface area contributed by atoms with Gasteiger partial charge < -0.3 is 14.4 Å². The van der Waals surface area contributed by atoms with Crippen molar-refractivity contribution in [3.8, 4) is 11.5 Å². The van der Waals surface area contributed by atoms with Gasteiger partial charge in [-0.15, -0.1) is 5.10 Å². The van der Waals surface area contributed by atoms with Crippen molar-refractivity contribution in [1.29, 1.82) is 0 Å². The Hall–Kier alpha value is -3.24. The second-order valence-corrected chi connectivity index (χ2v) is 10.6. The second kappa shape index (κ2) is 9.43. The van der Waals surface area contributed by atoms with Gasteiger partial charge in [0.25, 0.3) is 0 Å². The molecule has 3 heterocycles. The number of hydrogen-bond acceptors (Lipinski definition) is 9. The van der Waals surface area contributed by atoms with Crippen molar-refractivity contribution < 1.29 is 9.47 Å². The highest BCUT2D eigenvalue weighted by atomic mass is 32.1. The van der Waals surface area contributed by atoms with Crippen LogP contribution >= 0.6 is 11.3 Å². The first-order valence-electron chi connectivity index (χ1n) is 11.7. The van der Waals surface area contributed by atoms with E-state index < -0.39 is 0 Å². The van der Waals surface area contributed by atoms with Crippen molar-refractivity contribution >= 4 is 26.7 Å². The molecule has 0 amide bonds. The molecule has 35 heavy (non-hydrogen) atoms. The smallest absolute Gasteiger partial charge is 0.186 e. The minimum Gasteiger partial charge on any atom is -0.497 e. The van der Waals surface area contributed by atoms with Crippen LogP contribution in [0.2, 0.25) is 0 Å². The minimum absolute atomic E-state index is 0.188. The van der Waals surface area contributed by atoms with Gasteiger partial charge >= 0.3 is 0 Å². The summed E-state index contributed by atoms with van der Waals surface area (Å²) in [5, 5.41) is 14.0. The molecule has 1 aliphatic heterocycles. The zero-order valence-corrected chi connectivity index (χ0v) is 21.6. The van der Waals surface area contributed by atoms with Gasteiger partial charge in [0.2, 0.25) is 0 Å². The average Bonchev–Trinajstić information content (AvgIpc) is 3.52. The molecule has 1 aliphatic rings. The average molecular weight is 494 g/mol. The Morgan fingerprint density at radius 2 is 1.74 bits per heavy atom. The molecule has 0 aliphatic carbocycles. The fourth-order valence-electron chi connectivity index (χ4n) is 4.56. The molecule has 0 spiro atoms. The zero-order valence-electron chi connectivity index (χ0n) is 20.8. The lowest BCUT2D eigenvalue weighted by molar-refractivity contribution is 0.188. The van der Waals surface area contributed by atoms with Crippen LogP contribution in [-0.2, 0) is 5.54 Å². The molecule has 4 aromatic rings. The largest absolute Gasteiger partial charge is 0.497 e. The summed E-state index contributed by atoms with van der Waals surface area (Å²) in [6.45, 7) is 9.71. The second-order valence-electron chi connectivity index (χ2n) is 9.62. The lowest BCUT2D eigenvalue weighted by Gasteiger charge is -2.39. The van der Waals surface area contributed by atoms with Crippen molar-refractivity contribution in [2.24, 2.45) is 0 Å². The molecule has 5 rings (SSSR count). The topological polar surface area (TPSA) is 81.4 Å². The predicted octanol–water partition coefficient (Wildman–Crippen LogP) is 3.97. The fourth-order valence-corrected chi connectivity index (χ4v) is 5.58. The number of fused-ring (bicyclic) bond motifs is 1. The van der Waals surface area contributed by atoms with Crippen LogP contribution in [0.3, 0.4) is 0 Å². The van der Waals surface area contributed by atoms with Gasteiger partial charge in [-0.2, -0.15) is 0 Å². The third-order valence-corrected chi connectivity index (χ3v) is 7.43. The molecule has 1 saturated heterocycles. The van der Waals surface area contributed by atoms with E-state index in [1.807, 2.05) is 28.9 Å². The number of hydrogen-bond donors (Lipinski definition) is 0. The molecular weight excluding hydrogens is 462 g/mol. The molecule has 0 bridgehead atoms. The van der Waals surface area contributed by atoms with E-state index >= 15 is 0 Å². The first kappa shape index (κ1) is 23.5. The number of thiazole rings is 1. The maximum Gasteiger partial charge on any atom is 0.186 e. The molecular formula is C25H31N7O2S. The molecule has 0 N–H and O–H groups in total. The molecule has 1 atom stereocenters. The number of nitrogens with zero attached hydrogens (tertiary/aromatic N) is 7. The van der Waals surface area contributed by atoms with Gasteiger partial charge in [-0.3, -0.25) is 4.90 Å². The van der Waals surface area contributed by atoms with Crippen molar-refractivity contribution in [2.75, 3.05) is 45.3 Å². The molecule has 2 aromatic carbocycles. The van der Waals surface area contributed by atoms with Crippen LogP contribution < -0.4 is 14.4 Å². The predicted molar refractivity (Wildman–Crippen MR) is 138 cm³/mol. The van der Waals surface area contributed by atoms with Crippen LogP contribution in [0.15, 0.2) is 42.5 Å². The highest BCUT2D eigenvalue weighted by molar-refractivity contribution is 7.22. The highest BCUT2D eigenvalue weighted by Crippen LogP contribution is 2.38. The number of anilines is 1. The minimum atomic E-state index is -0.272. The first-order valence-corrected chi connectivity index (χ1v) is 12.6. The summed E-state index contributed by atoms with van der Waals surface area (Å²) in [6.07, 6.45) is 0. The van der Waals surface area contributed by atoms with E-state index in [0.717, 1.165) is 59.7 Å². The van der Waals surface area contributed by atoms with Gasteiger partial charge in [0.05, 0.1) is 30.0 Å². The normalized spacial score (nSPS) is 16.0. The number of aromatic nitrogens is 5. The standard InChI is InChI=1S/C25H31N7O2S/c1-25(2,3)32-23(27-28-29-32)22(18-16-17(33-4)10-11-20(18)34-5)30-12-14-31(15-13-30)24-26-19-8-6-7-9-21(19)35-24/h6-11,16,22H,12-15H2,1-5H3. The molecule has 10 heteroatoms. The van der Waals surface area contributed by atoms with Crippen molar-refractivity contribution in [3.05, 3.63) is 53.9 Å². The third-order valence-electron chi connectivity index (χ3n) is 6.34. The Balaban J connectivity index is 1.49. The van der Waals surface area contributed by atoms with Crippen LogP contribution in [0.25, 0.3) is 10.2 Å². The first-order chi connectivity index (χ1) is 16.9. The van der Waals surface area contributed by atoms with Gasteiger partial charge in [-0.1, -0.05) is 23.5 Å². The van der Waals surface area contributed by atoms with E-state index in [0.29, 0.717) is 0 Å². The van der Waals surface area contributed by atoms with Gasteiger partial charge in [0.1, 0.15) is 17.5 Å². The Bertz CT molecular complexity index is 1270. The quantitative estimate of drug-likeness (QED) is 0.399. The SMILES string of the molecule is COc1ccc(OC)c(C(c2nnnn2C(C)(C)C)N2CCN(c3nc4ccccc4s3)CC2)c1. The Morgan fingerprint density at radius 3 is 2.43 bits per heavy atom. The monoisotopic (exact) mass is 493 g/mol. The summed E-state index contributed by atoms with van der Waals surface area (Å²) >= 11 is 1.75. The number of rotatable bonds is 6. The zero-order chi connectivity index (χ0) is 24.6. The highest BCUT2D eigenvalue weighted by Gasteiger charge is 2.35. The number of tetrazole rings is 1. The molecule has 1 unspecified atom stereocenters. The van der Waals surface area contributed by atoms with E-state index in [-0.39, 0.29) is 11.6 Å². The van der Waals surface area contributed by atoms with Crippen molar-refractivity contribution in [1.82, 2.24) is 30.1 Å². The van der Waals surface area contributed by atoms with Gasteiger partial charge in [0.15, 0.2) is 11.0 Å². The third kappa shape index (κ3) is 4.55. The van der Waals surface area contributed by atoms with E-state index in [1.165, 1.54) is 4.70 Å². The van der Waals surface area contributed by atoms with E-state index in [9.17, 15) is 0 Å². The summed E-state index contributed by atoms with van der Waals surface area (Å²) < 4.78 is 14.5. The molecule has 1 fully saturated rings. The van der Waals surface area contributed by atoms with Crippen LogP contribution in [0.4, 0.5) is 5.13 Å². The van der Waals surface area contributed by atoms with Crippen LogP contribution in [0, 0.1) is 0 Å². The van der Waals surface area contributed by atoms with Crippen LogP contribution in [0.1, 0.15) is 38.2 Å². The van der Waals surface area contributed by atoms with Gasteiger partial charge in [0, 0.05) is 31.7 Å². The van der Waals surface area contributed by atoms with E-state index in [2.05, 4.69) is 64.3 Å². The van der Waals surface area contributed by atoms with Crippen LogP contribution in [0.5, 0.6) is 11.5 Å². The van der Waals surface area contributed by atoms with Crippen LogP contribution in [-0.4, -0.2) is 70.5 Å². The van der Waals surface area contributed by atoms with Crippen molar-refractivity contribution in [2.45, 2.75) is 32.4 Å². The maximum absolute atomic E-state index is 5.79. The Morgan fingerprint density at radius 1 is 0.971 bits per heavy atom. The fraction of sp³-hybridized carbons (Fsp3) is 0.440. The van der Waals surface area contributed by atoms with Crippen molar-refractivity contribution in [3.63, 3.8) is 0 Å².